The van der Waals surface area contributed by atoms with Crippen molar-refractivity contribution >= 4 is 29.2 Å². The topological polar surface area (TPSA) is 66.3 Å². The van der Waals surface area contributed by atoms with Crippen LogP contribution in [0.25, 0.3) is 0 Å². The van der Waals surface area contributed by atoms with Gasteiger partial charge < -0.3 is 15.0 Å². The molecule has 1 saturated heterocycles. The summed E-state index contributed by atoms with van der Waals surface area (Å²) in [7, 11) is 0. The van der Waals surface area contributed by atoms with Crippen LogP contribution in [0.3, 0.4) is 0 Å². The van der Waals surface area contributed by atoms with Gasteiger partial charge in [0.2, 0.25) is 0 Å². The number of para-hydroxylation sites is 1. The number of fused-ring (bicyclic) bond motifs is 1. The summed E-state index contributed by atoms with van der Waals surface area (Å²) in [5.41, 5.74) is 4.02. The molecule has 25 heavy (non-hydrogen) atoms. The molecule has 0 atom stereocenters. The van der Waals surface area contributed by atoms with Crippen LogP contribution in [0, 0.1) is 0 Å². The summed E-state index contributed by atoms with van der Waals surface area (Å²) in [5, 5.41) is 11.0. The Balaban J connectivity index is 1.48. The Kier molecular flexibility index (Phi) is 4.26. The molecule has 2 aromatic carbocycles. The molecule has 2 aliphatic heterocycles. The summed E-state index contributed by atoms with van der Waals surface area (Å²) >= 11 is 0. The smallest absolute Gasteiger partial charge is 0.276 e. The van der Waals surface area contributed by atoms with E-state index in [1.807, 2.05) is 36.4 Å². The Morgan fingerprint density at radius 1 is 1.04 bits per heavy atom. The van der Waals surface area contributed by atoms with Crippen molar-refractivity contribution in [3.63, 3.8) is 0 Å². The summed E-state index contributed by atoms with van der Waals surface area (Å²) in [6, 6.07) is 15.6. The molecule has 0 aromatic heterocycles. The molecule has 0 aliphatic carbocycles. The van der Waals surface area contributed by atoms with Crippen molar-refractivity contribution in [2.24, 2.45) is 10.2 Å². The van der Waals surface area contributed by atoms with Crippen molar-refractivity contribution in [3.8, 4) is 0 Å². The zero-order valence-corrected chi connectivity index (χ0v) is 13.7. The fraction of sp³-hybridized carbons (Fsp3) is 0.211. The molecule has 1 N–H and O–H groups in total. The fourth-order valence-electron chi connectivity index (χ4n) is 2.95. The van der Waals surface area contributed by atoms with Gasteiger partial charge in [-0.1, -0.05) is 30.3 Å². The molecular formula is C19H18N4O2. The summed E-state index contributed by atoms with van der Waals surface area (Å²) in [5.74, 6) is -0.221. The average molecular weight is 334 g/mol. The van der Waals surface area contributed by atoms with Crippen molar-refractivity contribution in [2.75, 3.05) is 36.5 Å². The van der Waals surface area contributed by atoms with Crippen LogP contribution < -0.4 is 10.2 Å². The third-order valence-electron chi connectivity index (χ3n) is 4.28. The molecule has 0 unspecified atom stereocenters. The number of ether oxygens (including phenoxy) is 1. The second-order valence-corrected chi connectivity index (χ2v) is 5.88. The van der Waals surface area contributed by atoms with E-state index in [1.165, 1.54) is 5.69 Å². The fourth-order valence-corrected chi connectivity index (χ4v) is 2.95. The van der Waals surface area contributed by atoms with E-state index in [1.54, 1.807) is 6.21 Å². The minimum atomic E-state index is -0.221. The van der Waals surface area contributed by atoms with E-state index in [2.05, 4.69) is 32.6 Å². The highest BCUT2D eigenvalue weighted by Crippen LogP contribution is 2.22. The molecule has 2 aromatic rings. The molecule has 0 spiro atoms. The number of amides is 1. The first kappa shape index (κ1) is 15.5. The number of benzene rings is 2. The quantitative estimate of drug-likeness (QED) is 0.692. The SMILES string of the molecule is O=C1Nc2ccccc2/C1=N/N=C\c1ccc(N2CCOCC2)cc1. The molecule has 1 amide bonds. The van der Waals surface area contributed by atoms with Gasteiger partial charge in [-0.2, -0.15) is 5.10 Å². The van der Waals surface area contributed by atoms with Gasteiger partial charge in [-0.05, 0) is 23.8 Å². The highest BCUT2D eigenvalue weighted by atomic mass is 16.5. The minimum absolute atomic E-state index is 0.221. The number of rotatable bonds is 3. The van der Waals surface area contributed by atoms with E-state index in [0.29, 0.717) is 5.71 Å². The number of hydrogen-bond acceptors (Lipinski definition) is 5. The van der Waals surface area contributed by atoms with Gasteiger partial charge in [0, 0.05) is 24.3 Å². The average Bonchev–Trinajstić information content (AvgIpc) is 2.99. The number of morpholine rings is 1. The van der Waals surface area contributed by atoms with E-state index in [0.717, 1.165) is 43.1 Å². The van der Waals surface area contributed by atoms with Crippen LogP contribution in [0.4, 0.5) is 11.4 Å². The van der Waals surface area contributed by atoms with Gasteiger partial charge in [0.05, 0.1) is 25.1 Å². The first-order valence-electron chi connectivity index (χ1n) is 8.26. The largest absolute Gasteiger partial charge is 0.378 e. The number of carbonyl (C=O) groups is 1. The Hall–Kier alpha value is -2.99. The number of hydrogen-bond donors (Lipinski definition) is 1. The second kappa shape index (κ2) is 6.86. The van der Waals surface area contributed by atoms with Gasteiger partial charge in [0.15, 0.2) is 5.71 Å². The van der Waals surface area contributed by atoms with Gasteiger partial charge in [-0.25, -0.2) is 0 Å². The lowest BCUT2D eigenvalue weighted by Crippen LogP contribution is -2.36. The molecule has 1 fully saturated rings. The van der Waals surface area contributed by atoms with Crippen LogP contribution in [0.1, 0.15) is 11.1 Å². The van der Waals surface area contributed by atoms with Crippen molar-refractivity contribution < 1.29 is 9.53 Å². The maximum atomic E-state index is 12.0. The molecular weight excluding hydrogens is 316 g/mol. The van der Waals surface area contributed by atoms with Crippen LogP contribution in [0.15, 0.2) is 58.7 Å². The zero-order valence-electron chi connectivity index (χ0n) is 13.7. The van der Waals surface area contributed by atoms with E-state index in [4.69, 9.17) is 4.74 Å². The van der Waals surface area contributed by atoms with Crippen molar-refractivity contribution in [1.29, 1.82) is 0 Å². The maximum Gasteiger partial charge on any atom is 0.276 e. The predicted octanol–water partition coefficient (Wildman–Crippen LogP) is 2.30. The van der Waals surface area contributed by atoms with Crippen molar-refractivity contribution in [3.05, 3.63) is 59.7 Å². The van der Waals surface area contributed by atoms with Crippen LogP contribution in [-0.4, -0.2) is 44.1 Å². The minimum Gasteiger partial charge on any atom is -0.378 e. The van der Waals surface area contributed by atoms with E-state index in [9.17, 15) is 4.79 Å². The van der Waals surface area contributed by atoms with Crippen LogP contribution >= 0.6 is 0 Å². The number of nitrogens with zero attached hydrogens (tertiary/aromatic N) is 3. The van der Waals surface area contributed by atoms with Gasteiger partial charge >= 0.3 is 0 Å². The highest BCUT2D eigenvalue weighted by Gasteiger charge is 2.25. The Morgan fingerprint density at radius 3 is 2.60 bits per heavy atom. The molecule has 4 rings (SSSR count). The monoisotopic (exact) mass is 334 g/mol. The molecule has 0 bridgehead atoms. The van der Waals surface area contributed by atoms with Crippen molar-refractivity contribution in [1.82, 2.24) is 0 Å². The molecule has 2 aliphatic rings. The van der Waals surface area contributed by atoms with Gasteiger partial charge in [0.1, 0.15) is 0 Å². The van der Waals surface area contributed by atoms with Crippen molar-refractivity contribution in [2.45, 2.75) is 0 Å². The summed E-state index contributed by atoms with van der Waals surface area (Å²) in [6.45, 7) is 3.36. The standard InChI is InChI=1S/C19H18N4O2/c24-19-18(16-3-1-2-4-17(16)21-19)22-20-13-14-5-7-15(8-6-14)23-9-11-25-12-10-23/h1-8,13H,9-12H2,(H,21,22,24)/b20-13-. The van der Waals surface area contributed by atoms with Gasteiger partial charge in [-0.15, -0.1) is 5.10 Å². The summed E-state index contributed by atoms with van der Waals surface area (Å²) in [6.07, 6.45) is 1.66. The third kappa shape index (κ3) is 3.29. The first-order valence-corrected chi connectivity index (χ1v) is 8.26. The number of anilines is 2. The lowest BCUT2D eigenvalue weighted by Gasteiger charge is -2.28. The van der Waals surface area contributed by atoms with Crippen LogP contribution in [-0.2, 0) is 9.53 Å². The Bertz CT molecular complexity index is 837. The highest BCUT2D eigenvalue weighted by molar-refractivity contribution is 6.53. The zero-order chi connectivity index (χ0) is 17.1. The summed E-state index contributed by atoms with van der Waals surface area (Å²) < 4.78 is 5.37. The third-order valence-corrected chi connectivity index (χ3v) is 4.28. The lowest BCUT2D eigenvalue weighted by atomic mass is 10.1. The molecule has 2 heterocycles. The van der Waals surface area contributed by atoms with E-state index < -0.39 is 0 Å². The van der Waals surface area contributed by atoms with Crippen LogP contribution in [0.5, 0.6) is 0 Å². The number of nitrogens with one attached hydrogen (secondary N) is 1. The number of carbonyl (C=O) groups excluding carboxylic acids is 1. The van der Waals surface area contributed by atoms with Gasteiger partial charge in [0.25, 0.3) is 5.91 Å². The molecule has 0 saturated carbocycles. The van der Waals surface area contributed by atoms with E-state index >= 15 is 0 Å². The Morgan fingerprint density at radius 2 is 1.80 bits per heavy atom. The first-order chi connectivity index (χ1) is 12.3. The molecule has 6 heteroatoms. The van der Waals surface area contributed by atoms with E-state index in [-0.39, 0.29) is 5.91 Å². The lowest BCUT2D eigenvalue weighted by molar-refractivity contribution is -0.110. The normalized spacial score (nSPS) is 18.6. The predicted molar refractivity (Wildman–Crippen MR) is 98.7 cm³/mol. The second-order valence-electron chi connectivity index (χ2n) is 5.88. The van der Waals surface area contributed by atoms with Crippen LogP contribution in [0.2, 0.25) is 0 Å². The molecule has 6 nitrogen and oxygen atoms in total. The van der Waals surface area contributed by atoms with Gasteiger partial charge in [-0.3, -0.25) is 4.79 Å². The maximum absolute atomic E-state index is 12.0. The molecule has 0 radical (unpaired) electrons. The Labute approximate surface area is 145 Å². The molecule has 126 valence electrons. The summed E-state index contributed by atoms with van der Waals surface area (Å²) in [4.78, 5) is 14.3.